The van der Waals surface area contributed by atoms with E-state index in [0.717, 1.165) is 21.6 Å². The number of para-hydroxylation sites is 1. The summed E-state index contributed by atoms with van der Waals surface area (Å²) < 4.78 is 1.21. The maximum absolute atomic E-state index is 13.1. The Labute approximate surface area is 177 Å². The van der Waals surface area contributed by atoms with Crippen molar-refractivity contribution in [2.45, 2.75) is 0 Å². The highest BCUT2D eigenvalue weighted by atomic mass is 79.9. The van der Waals surface area contributed by atoms with E-state index in [4.69, 9.17) is 12.2 Å². The van der Waals surface area contributed by atoms with Crippen LogP contribution in [0.25, 0.3) is 17.0 Å². The number of carbonyl (C=O) groups is 1. The monoisotopic (exact) mass is 471 g/mol. The summed E-state index contributed by atoms with van der Waals surface area (Å²) in [5, 5.41) is 12.1. The van der Waals surface area contributed by atoms with Gasteiger partial charge < -0.3 is 0 Å². The summed E-state index contributed by atoms with van der Waals surface area (Å²) in [6.07, 6.45) is 3.16. The maximum atomic E-state index is 13.1. The third-order valence-corrected chi connectivity index (χ3v) is 6.14. The molecule has 1 saturated heterocycles. The predicted molar refractivity (Wildman–Crippen MR) is 118 cm³/mol. The van der Waals surface area contributed by atoms with E-state index in [1.54, 1.807) is 30.5 Å². The molecule has 0 spiro atoms. The van der Waals surface area contributed by atoms with Gasteiger partial charge in [-0.1, -0.05) is 58.1 Å². The quantitative estimate of drug-likeness (QED) is 0.223. The van der Waals surface area contributed by atoms with E-state index in [0.29, 0.717) is 26.0 Å². The van der Waals surface area contributed by atoms with Crippen molar-refractivity contribution in [3.8, 4) is 0 Å². The number of nitro benzene ring substituents is 1. The Balaban J connectivity index is 1.80. The lowest BCUT2D eigenvalue weighted by Crippen LogP contribution is -2.27. The molecule has 1 aromatic heterocycles. The zero-order valence-corrected chi connectivity index (χ0v) is 17.3. The number of nitro groups is 1. The van der Waals surface area contributed by atoms with Crippen LogP contribution in [0.5, 0.6) is 0 Å². The van der Waals surface area contributed by atoms with E-state index in [2.05, 4.69) is 20.9 Å². The van der Waals surface area contributed by atoms with E-state index in [9.17, 15) is 14.9 Å². The number of carbonyl (C=O) groups excluding carboxylic acids is 1. The van der Waals surface area contributed by atoms with Gasteiger partial charge in [-0.25, -0.2) is 0 Å². The van der Waals surface area contributed by atoms with Gasteiger partial charge in [-0.2, -0.15) is 0 Å². The van der Waals surface area contributed by atoms with Crippen molar-refractivity contribution in [2.75, 3.05) is 4.90 Å². The van der Waals surface area contributed by atoms with Crippen LogP contribution in [0.15, 0.2) is 64.1 Å². The van der Waals surface area contributed by atoms with E-state index in [-0.39, 0.29) is 11.6 Å². The van der Waals surface area contributed by atoms with Crippen LogP contribution in [0, 0.1) is 10.1 Å². The second-order valence-electron chi connectivity index (χ2n) is 5.80. The van der Waals surface area contributed by atoms with Gasteiger partial charge in [0, 0.05) is 22.1 Å². The van der Waals surface area contributed by atoms with Gasteiger partial charge in [0.1, 0.15) is 0 Å². The number of thiocarbonyl (C=S) groups is 1. The number of fused-ring (bicyclic) bond motifs is 1. The van der Waals surface area contributed by atoms with E-state index < -0.39 is 4.92 Å². The Morgan fingerprint density at radius 1 is 1.18 bits per heavy atom. The van der Waals surface area contributed by atoms with E-state index >= 15 is 0 Å². The number of pyridine rings is 1. The first-order chi connectivity index (χ1) is 13.5. The van der Waals surface area contributed by atoms with Crippen molar-refractivity contribution in [2.24, 2.45) is 0 Å². The fraction of sp³-hybridized carbons (Fsp3) is 0. The molecular formula is C19H10BrN3O3S2. The smallest absolute Gasteiger partial charge is 0.268 e. The number of hydrogen-bond acceptors (Lipinski definition) is 6. The fourth-order valence-electron chi connectivity index (χ4n) is 2.90. The SMILES string of the molecule is O=C1/C(=C/c2ccccc2[N+](=O)[O-])SC(=S)N1c1ccc(Br)c2cccnc12. The molecule has 9 heteroatoms. The summed E-state index contributed by atoms with van der Waals surface area (Å²) in [4.78, 5) is 30.0. The molecule has 138 valence electrons. The highest BCUT2D eigenvalue weighted by Gasteiger charge is 2.35. The molecule has 0 radical (unpaired) electrons. The molecule has 2 heterocycles. The van der Waals surface area contributed by atoms with Crippen LogP contribution in [-0.4, -0.2) is 20.1 Å². The average molecular weight is 472 g/mol. The molecule has 0 atom stereocenters. The molecule has 1 amide bonds. The minimum atomic E-state index is -0.473. The van der Waals surface area contributed by atoms with Crippen LogP contribution in [-0.2, 0) is 4.79 Å². The minimum Gasteiger partial charge on any atom is -0.268 e. The summed E-state index contributed by atoms with van der Waals surface area (Å²) in [6, 6.07) is 13.6. The lowest BCUT2D eigenvalue weighted by Gasteiger charge is -2.17. The molecule has 28 heavy (non-hydrogen) atoms. The van der Waals surface area contributed by atoms with Crippen molar-refractivity contribution in [1.82, 2.24) is 4.98 Å². The van der Waals surface area contributed by atoms with Crippen molar-refractivity contribution in [1.29, 1.82) is 0 Å². The summed E-state index contributed by atoms with van der Waals surface area (Å²) >= 11 is 10.0. The standard InChI is InChI=1S/C19H10BrN3O3S2/c20-13-7-8-15(17-12(13)5-3-9-21-17)22-18(24)16(28-19(22)27)10-11-4-1-2-6-14(11)23(25)26/h1-10H/b16-10-. The molecular weight excluding hydrogens is 462 g/mol. The number of hydrogen-bond donors (Lipinski definition) is 0. The van der Waals surface area contributed by atoms with Gasteiger partial charge >= 0.3 is 0 Å². The third-order valence-electron chi connectivity index (χ3n) is 4.15. The van der Waals surface area contributed by atoms with Crippen LogP contribution >= 0.6 is 39.9 Å². The van der Waals surface area contributed by atoms with Gasteiger partial charge in [0.25, 0.3) is 11.6 Å². The number of amides is 1. The topological polar surface area (TPSA) is 76.3 Å². The van der Waals surface area contributed by atoms with Crippen LogP contribution in [0.3, 0.4) is 0 Å². The summed E-state index contributed by atoms with van der Waals surface area (Å²) in [5.41, 5.74) is 1.50. The Bertz CT molecular complexity index is 1200. The summed E-state index contributed by atoms with van der Waals surface area (Å²) in [5.74, 6) is -0.331. The Morgan fingerprint density at radius 2 is 1.96 bits per heavy atom. The van der Waals surface area contributed by atoms with E-state index in [1.165, 1.54) is 17.0 Å². The van der Waals surface area contributed by atoms with Gasteiger partial charge in [0.05, 0.1) is 26.6 Å². The second-order valence-corrected chi connectivity index (χ2v) is 8.33. The Hall–Kier alpha value is -2.62. The minimum absolute atomic E-state index is 0.0662. The predicted octanol–water partition coefficient (Wildman–Crippen LogP) is 5.31. The number of thioether (sulfide) groups is 1. The van der Waals surface area contributed by atoms with Crippen LogP contribution in [0.2, 0.25) is 0 Å². The lowest BCUT2D eigenvalue weighted by atomic mass is 10.1. The van der Waals surface area contributed by atoms with Gasteiger partial charge in [0.2, 0.25) is 0 Å². The van der Waals surface area contributed by atoms with Crippen molar-refractivity contribution in [3.05, 3.63) is 79.8 Å². The molecule has 3 aromatic rings. The zero-order valence-electron chi connectivity index (χ0n) is 14.0. The van der Waals surface area contributed by atoms with E-state index in [1.807, 2.05) is 18.2 Å². The molecule has 0 saturated carbocycles. The van der Waals surface area contributed by atoms with Crippen LogP contribution in [0.1, 0.15) is 5.56 Å². The molecule has 0 N–H and O–H groups in total. The normalized spacial score (nSPS) is 15.6. The molecule has 2 aromatic carbocycles. The first kappa shape index (κ1) is 18.7. The largest absolute Gasteiger partial charge is 0.276 e. The number of rotatable bonds is 3. The first-order valence-corrected chi connectivity index (χ1v) is 10.0. The van der Waals surface area contributed by atoms with Gasteiger partial charge in [-0.15, -0.1) is 0 Å². The molecule has 0 aliphatic carbocycles. The van der Waals surface area contributed by atoms with Crippen molar-refractivity contribution in [3.63, 3.8) is 0 Å². The maximum Gasteiger partial charge on any atom is 0.276 e. The number of anilines is 1. The molecule has 1 fully saturated rings. The average Bonchev–Trinajstić information content (AvgIpc) is 2.96. The van der Waals surface area contributed by atoms with Gasteiger partial charge in [-0.3, -0.25) is 24.8 Å². The number of aromatic nitrogens is 1. The molecule has 0 unspecified atom stereocenters. The number of nitrogens with zero attached hydrogens (tertiary/aromatic N) is 3. The molecule has 4 rings (SSSR count). The lowest BCUT2D eigenvalue weighted by molar-refractivity contribution is -0.385. The van der Waals surface area contributed by atoms with Crippen molar-refractivity contribution < 1.29 is 9.72 Å². The third kappa shape index (κ3) is 3.21. The summed E-state index contributed by atoms with van der Waals surface area (Å²) in [6.45, 7) is 0. The first-order valence-electron chi connectivity index (χ1n) is 8.02. The van der Waals surface area contributed by atoms with Gasteiger partial charge in [0.15, 0.2) is 4.32 Å². The van der Waals surface area contributed by atoms with Crippen molar-refractivity contribution >= 4 is 78.5 Å². The summed E-state index contributed by atoms with van der Waals surface area (Å²) in [7, 11) is 0. The molecule has 0 bridgehead atoms. The fourth-order valence-corrected chi connectivity index (χ4v) is 4.62. The molecule has 6 nitrogen and oxygen atoms in total. The van der Waals surface area contributed by atoms with Crippen LogP contribution < -0.4 is 4.90 Å². The highest BCUT2D eigenvalue weighted by Crippen LogP contribution is 2.40. The second kappa shape index (κ2) is 7.42. The molecule has 1 aliphatic rings. The number of halogens is 1. The zero-order chi connectivity index (χ0) is 19.8. The number of benzene rings is 2. The van der Waals surface area contributed by atoms with Crippen LogP contribution in [0.4, 0.5) is 11.4 Å². The Kier molecular flexibility index (Phi) is 4.96. The molecule has 1 aliphatic heterocycles. The Morgan fingerprint density at radius 3 is 2.75 bits per heavy atom. The highest BCUT2D eigenvalue weighted by molar-refractivity contribution is 9.10. The van der Waals surface area contributed by atoms with Gasteiger partial charge in [-0.05, 0) is 30.3 Å².